The average Bonchev–Trinajstić information content (AvgIpc) is 2.70. The third-order valence-corrected chi connectivity index (χ3v) is 4.81. The Labute approximate surface area is 170 Å². The molecule has 2 N–H and O–H groups in total. The lowest BCUT2D eigenvalue weighted by Crippen LogP contribution is -2.24. The van der Waals surface area contributed by atoms with E-state index in [-0.39, 0.29) is 5.91 Å². The summed E-state index contributed by atoms with van der Waals surface area (Å²) in [6, 6.07) is 23.7. The number of hydrogen-bond acceptors (Lipinski definition) is 4. The van der Waals surface area contributed by atoms with Crippen molar-refractivity contribution in [2.45, 2.75) is 6.42 Å². The fraction of sp³-hybridized carbons (Fsp3) is 0.136. The van der Waals surface area contributed by atoms with E-state index in [1.807, 2.05) is 42.5 Å². The number of sulfonamides is 1. The van der Waals surface area contributed by atoms with Gasteiger partial charge in [0.05, 0.1) is 6.26 Å². The van der Waals surface area contributed by atoms with Crippen LogP contribution in [-0.4, -0.2) is 27.1 Å². The van der Waals surface area contributed by atoms with Gasteiger partial charge in [-0.15, -0.1) is 0 Å². The number of ether oxygens (including phenoxy) is 1. The van der Waals surface area contributed by atoms with Gasteiger partial charge < -0.3 is 10.1 Å². The van der Waals surface area contributed by atoms with E-state index in [2.05, 4.69) is 10.0 Å². The van der Waals surface area contributed by atoms with Gasteiger partial charge in [0.1, 0.15) is 11.5 Å². The molecule has 0 aliphatic carbocycles. The van der Waals surface area contributed by atoms with Gasteiger partial charge in [0, 0.05) is 17.8 Å². The molecule has 0 aliphatic rings. The molecular formula is C22H22N2O4S. The predicted octanol–water partition coefficient (Wildman–Crippen LogP) is 3.82. The molecule has 0 atom stereocenters. The summed E-state index contributed by atoms with van der Waals surface area (Å²) in [6.45, 7) is 0.321. The van der Waals surface area contributed by atoms with Crippen LogP contribution in [0.2, 0.25) is 0 Å². The molecule has 0 unspecified atom stereocenters. The second kappa shape index (κ2) is 9.36. The molecule has 3 aromatic rings. The molecular weight excluding hydrogens is 388 g/mol. The molecule has 0 saturated carbocycles. The molecule has 0 heterocycles. The highest BCUT2D eigenvalue weighted by atomic mass is 32.2. The minimum absolute atomic E-state index is 0.220. The maximum atomic E-state index is 12.4. The minimum Gasteiger partial charge on any atom is -0.457 e. The predicted molar refractivity (Wildman–Crippen MR) is 114 cm³/mol. The lowest BCUT2D eigenvalue weighted by Gasteiger charge is -2.09. The smallest absolute Gasteiger partial charge is 0.255 e. The molecule has 0 aromatic heterocycles. The van der Waals surface area contributed by atoms with Crippen LogP contribution in [0.3, 0.4) is 0 Å². The standard InChI is InChI=1S/C22H22N2O4S/c1-29(26,27)23-16-15-17-7-9-18(10-8-17)22(25)24-19-11-13-21(14-12-19)28-20-5-3-2-4-6-20/h2-14,23H,15-16H2,1H3,(H,24,25). The number of hydrogen-bond donors (Lipinski definition) is 2. The van der Waals surface area contributed by atoms with Crippen LogP contribution in [0.4, 0.5) is 5.69 Å². The van der Waals surface area contributed by atoms with Crippen molar-refractivity contribution < 1.29 is 17.9 Å². The summed E-state index contributed by atoms with van der Waals surface area (Å²) in [4.78, 5) is 12.4. The Hall–Kier alpha value is -3.16. The normalized spacial score (nSPS) is 11.1. The van der Waals surface area contributed by atoms with Crippen molar-refractivity contribution in [3.05, 3.63) is 90.0 Å². The highest BCUT2D eigenvalue weighted by Gasteiger charge is 2.07. The van der Waals surface area contributed by atoms with E-state index in [0.717, 1.165) is 17.6 Å². The zero-order valence-electron chi connectivity index (χ0n) is 16.0. The molecule has 7 heteroatoms. The van der Waals surface area contributed by atoms with Gasteiger partial charge in [-0.1, -0.05) is 30.3 Å². The summed E-state index contributed by atoms with van der Waals surface area (Å²) in [5.41, 5.74) is 2.13. The molecule has 1 amide bonds. The van der Waals surface area contributed by atoms with Gasteiger partial charge in [0.25, 0.3) is 5.91 Å². The number of carbonyl (C=O) groups is 1. The molecule has 0 radical (unpaired) electrons. The molecule has 3 aromatic carbocycles. The minimum atomic E-state index is -3.19. The first-order valence-electron chi connectivity index (χ1n) is 9.07. The maximum Gasteiger partial charge on any atom is 0.255 e. The second-order valence-corrected chi connectivity index (χ2v) is 8.34. The number of nitrogens with one attached hydrogen (secondary N) is 2. The maximum absolute atomic E-state index is 12.4. The first-order valence-corrected chi connectivity index (χ1v) is 11.0. The van der Waals surface area contributed by atoms with Crippen molar-refractivity contribution in [2.24, 2.45) is 0 Å². The van der Waals surface area contributed by atoms with Gasteiger partial charge in [0.2, 0.25) is 10.0 Å². The van der Waals surface area contributed by atoms with Crippen LogP contribution >= 0.6 is 0 Å². The van der Waals surface area contributed by atoms with E-state index in [1.54, 1.807) is 36.4 Å². The van der Waals surface area contributed by atoms with E-state index in [9.17, 15) is 13.2 Å². The van der Waals surface area contributed by atoms with Gasteiger partial charge in [0.15, 0.2) is 0 Å². The van der Waals surface area contributed by atoms with Crippen molar-refractivity contribution in [2.75, 3.05) is 18.1 Å². The number of para-hydroxylation sites is 1. The highest BCUT2D eigenvalue weighted by Crippen LogP contribution is 2.22. The van der Waals surface area contributed by atoms with Crippen LogP contribution in [0.15, 0.2) is 78.9 Å². The lowest BCUT2D eigenvalue weighted by molar-refractivity contribution is 0.102. The highest BCUT2D eigenvalue weighted by molar-refractivity contribution is 7.88. The number of anilines is 1. The molecule has 0 bridgehead atoms. The molecule has 29 heavy (non-hydrogen) atoms. The largest absolute Gasteiger partial charge is 0.457 e. The molecule has 0 saturated heterocycles. The van der Waals surface area contributed by atoms with Crippen LogP contribution < -0.4 is 14.8 Å². The molecule has 150 valence electrons. The molecule has 0 spiro atoms. The van der Waals surface area contributed by atoms with Crippen LogP contribution in [0.25, 0.3) is 0 Å². The zero-order valence-corrected chi connectivity index (χ0v) is 16.8. The van der Waals surface area contributed by atoms with Crippen molar-refractivity contribution in [1.29, 1.82) is 0 Å². The Kier molecular flexibility index (Phi) is 6.64. The number of rotatable bonds is 8. The van der Waals surface area contributed by atoms with Gasteiger partial charge in [-0.25, -0.2) is 13.1 Å². The summed E-state index contributed by atoms with van der Waals surface area (Å²) in [6.07, 6.45) is 1.68. The topological polar surface area (TPSA) is 84.5 Å². The SMILES string of the molecule is CS(=O)(=O)NCCc1ccc(C(=O)Nc2ccc(Oc3ccccc3)cc2)cc1. The number of carbonyl (C=O) groups excluding carboxylic acids is 1. The van der Waals surface area contributed by atoms with Gasteiger partial charge in [-0.2, -0.15) is 0 Å². The van der Waals surface area contributed by atoms with Gasteiger partial charge in [-0.3, -0.25) is 4.79 Å². The van der Waals surface area contributed by atoms with Crippen LogP contribution in [0.1, 0.15) is 15.9 Å². The van der Waals surface area contributed by atoms with Crippen molar-refractivity contribution in [3.8, 4) is 11.5 Å². The van der Waals surface area contributed by atoms with Crippen molar-refractivity contribution in [3.63, 3.8) is 0 Å². The Morgan fingerprint density at radius 1 is 0.862 bits per heavy atom. The van der Waals surface area contributed by atoms with Crippen molar-refractivity contribution in [1.82, 2.24) is 4.72 Å². The van der Waals surface area contributed by atoms with Crippen LogP contribution in [-0.2, 0) is 16.4 Å². The number of benzene rings is 3. The Balaban J connectivity index is 1.54. The third-order valence-electron chi connectivity index (χ3n) is 4.09. The van der Waals surface area contributed by atoms with E-state index >= 15 is 0 Å². The molecule has 0 fully saturated rings. The van der Waals surface area contributed by atoms with Gasteiger partial charge in [-0.05, 0) is 60.5 Å². The van der Waals surface area contributed by atoms with E-state index in [4.69, 9.17) is 4.74 Å². The summed E-state index contributed by atoms with van der Waals surface area (Å²) in [5.74, 6) is 1.21. The van der Waals surface area contributed by atoms with Crippen molar-refractivity contribution >= 4 is 21.6 Å². The summed E-state index contributed by atoms with van der Waals surface area (Å²) >= 11 is 0. The van der Waals surface area contributed by atoms with E-state index < -0.39 is 10.0 Å². The number of amides is 1. The first-order chi connectivity index (χ1) is 13.9. The Bertz CT molecular complexity index is 1050. The monoisotopic (exact) mass is 410 g/mol. The quantitative estimate of drug-likeness (QED) is 0.591. The second-order valence-electron chi connectivity index (χ2n) is 6.51. The summed E-state index contributed by atoms with van der Waals surface area (Å²) < 4.78 is 30.3. The van der Waals surface area contributed by atoms with E-state index in [1.165, 1.54) is 0 Å². The summed E-state index contributed by atoms with van der Waals surface area (Å²) in [5, 5.41) is 2.85. The lowest BCUT2D eigenvalue weighted by atomic mass is 10.1. The van der Waals surface area contributed by atoms with E-state index in [0.29, 0.717) is 30.0 Å². The average molecular weight is 410 g/mol. The van der Waals surface area contributed by atoms with Crippen LogP contribution in [0, 0.1) is 0 Å². The van der Waals surface area contributed by atoms with Gasteiger partial charge >= 0.3 is 0 Å². The third kappa shape index (κ3) is 6.74. The molecule has 0 aliphatic heterocycles. The zero-order chi connectivity index (χ0) is 20.7. The Morgan fingerprint density at radius 2 is 1.48 bits per heavy atom. The molecule has 3 rings (SSSR count). The fourth-order valence-electron chi connectivity index (χ4n) is 2.64. The Morgan fingerprint density at radius 3 is 2.10 bits per heavy atom. The fourth-order valence-corrected chi connectivity index (χ4v) is 3.11. The first kappa shape index (κ1) is 20.6. The molecule has 6 nitrogen and oxygen atoms in total. The van der Waals surface area contributed by atoms with Crippen LogP contribution in [0.5, 0.6) is 11.5 Å². The summed E-state index contributed by atoms with van der Waals surface area (Å²) in [7, 11) is -3.19.